The van der Waals surface area contributed by atoms with Gasteiger partial charge in [-0.05, 0) is 69.7 Å². The van der Waals surface area contributed by atoms with E-state index in [1.54, 1.807) is 18.1 Å². The number of carbonyl (C=O) groups is 2. The van der Waals surface area contributed by atoms with Crippen LogP contribution in [0.2, 0.25) is 0 Å². The third-order valence-electron chi connectivity index (χ3n) is 6.20. The third-order valence-corrected chi connectivity index (χ3v) is 6.20. The maximum absolute atomic E-state index is 13.4. The van der Waals surface area contributed by atoms with Gasteiger partial charge in [0.1, 0.15) is 12.3 Å². The van der Waals surface area contributed by atoms with Crippen LogP contribution in [0.4, 0.5) is 11.4 Å². The molecule has 2 N–H and O–H groups in total. The molecule has 0 aromatic heterocycles. The largest absolute Gasteiger partial charge is 0.497 e. The highest BCUT2D eigenvalue weighted by atomic mass is 16.5. The van der Waals surface area contributed by atoms with Crippen molar-refractivity contribution in [2.45, 2.75) is 84.6 Å². The van der Waals surface area contributed by atoms with Crippen LogP contribution in [0.25, 0.3) is 0 Å². The Morgan fingerprint density at radius 2 is 1.50 bits per heavy atom. The average Bonchev–Trinajstić information content (AvgIpc) is 2.86. The van der Waals surface area contributed by atoms with Gasteiger partial charge in [0.05, 0.1) is 7.11 Å². The number of hydrogen-bond donors (Lipinski definition) is 2. The maximum atomic E-state index is 13.4. The molecule has 6 heteroatoms. The second kappa shape index (κ2) is 15.2. The first-order valence-corrected chi connectivity index (χ1v) is 13.3. The number of ether oxygens (including phenoxy) is 1. The van der Waals surface area contributed by atoms with E-state index >= 15 is 0 Å². The molecule has 0 aliphatic heterocycles. The van der Waals surface area contributed by atoms with Gasteiger partial charge in [-0.3, -0.25) is 9.59 Å². The van der Waals surface area contributed by atoms with Crippen molar-refractivity contribution >= 4 is 23.2 Å². The van der Waals surface area contributed by atoms with Gasteiger partial charge in [-0.15, -0.1) is 0 Å². The number of nitrogens with zero attached hydrogens (tertiary/aromatic N) is 1. The highest BCUT2D eigenvalue weighted by Gasteiger charge is 2.29. The zero-order valence-corrected chi connectivity index (χ0v) is 22.9. The topological polar surface area (TPSA) is 70.7 Å². The van der Waals surface area contributed by atoms with Gasteiger partial charge in [-0.1, -0.05) is 57.9 Å². The van der Waals surface area contributed by atoms with E-state index in [4.69, 9.17) is 4.74 Å². The molecule has 0 radical (unpaired) electrons. The summed E-state index contributed by atoms with van der Waals surface area (Å²) in [6, 6.07) is 15.0. The number of hydrogen-bond acceptors (Lipinski definition) is 4. The monoisotopic (exact) mass is 495 g/mol. The van der Waals surface area contributed by atoms with Gasteiger partial charge >= 0.3 is 0 Å². The van der Waals surface area contributed by atoms with Crippen molar-refractivity contribution in [1.82, 2.24) is 10.2 Å². The fourth-order valence-electron chi connectivity index (χ4n) is 4.03. The van der Waals surface area contributed by atoms with Gasteiger partial charge in [0.2, 0.25) is 5.91 Å². The molecule has 36 heavy (non-hydrogen) atoms. The molecule has 0 unspecified atom stereocenters. The first-order chi connectivity index (χ1) is 17.2. The lowest BCUT2D eigenvalue weighted by atomic mass is 10.0. The lowest BCUT2D eigenvalue weighted by Crippen LogP contribution is -2.50. The SMILES string of the molecule is CCCCCCCCCCNC(=O)CN(C(=O)c1cccc(Nc2ccc(OC)cc2)c1)C(C)(C)C. The Morgan fingerprint density at radius 3 is 2.11 bits per heavy atom. The average molecular weight is 496 g/mol. The summed E-state index contributed by atoms with van der Waals surface area (Å²) < 4.78 is 5.21. The van der Waals surface area contributed by atoms with Crippen molar-refractivity contribution in [3.63, 3.8) is 0 Å². The van der Waals surface area contributed by atoms with Crippen molar-refractivity contribution in [3.05, 3.63) is 54.1 Å². The summed E-state index contributed by atoms with van der Waals surface area (Å²) in [5.41, 5.74) is 1.75. The second-order valence-electron chi connectivity index (χ2n) is 10.3. The number of benzene rings is 2. The molecule has 0 atom stereocenters. The summed E-state index contributed by atoms with van der Waals surface area (Å²) in [6.07, 6.45) is 9.81. The highest BCUT2D eigenvalue weighted by Crippen LogP contribution is 2.23. The van der Waals surface area contributed by atoms with E-state index in [0.29, 0.717) is 12.1 Å². The first kappa shape index (κ1) is 29.2. The lowest BCUT2D eigenvalue weighted by Gasteiger charge is -2.35. The van der Waals surface area contributed by atoms with Gasteiger partial charge in [0.25, 0.3) is 5.91 Å². The van der Waals surface area contributed by atoms with Crippen LogP contribution in [0.3, 0.4) is 0 Å². The number of anilines is 2. The molecule has 2 aromatic carbocycles. The molecule has 0 spiro atoms. The number of carbonyl (C=O) groups excluding carboxylic acids is 2. The van der Waals surface area contributed by atoms with Crippen molar-refractivity contribution in [3.8, 4) is 5.75 Å². The molecule has 2 aromatic rings. The predicted octanol–water partition coefficient (Wildman–Crippen LogP) is 6.94. The van der Waals surface area contributed by atoms with Gasteiger partial charge in [0, 0.05) is 29.0 Å². The molecule has 0 saturated carbocycles. The molecule has 2 amide bonds. The summed E-state index contributed by atoms with van der Waals surface area (Å²) in [7, 11) is 1.63. The van der Waals surface area contributed by atoms with Crippen LogP contribution >= 0.6 is 0 Å². The zero-order chi connectivity index (χ0) is 26.4. The molecular formula is C30H45N3O3. The van der Waals surface area contributed by atoms with Crippen LogP contribution in [-0.2, 0) is 4.79 Å². The fraction of sp³-hybridized carbons (Fsp3) is 0.533. The van der Waals surface area contributed by atoms with Crippen molar-refractivity contribution in [2.75, 3.05) is 25.5 Å². The quantitative estimate of drug-likeness (QED) is 0.263. The van der Waals surface area contributed by atoms with Crippen LogP contribution < -0.4 is 15.4 Å². The number of unbranched alkanes of at least 4 members (excludes halogenated alkanes) is 7. The van der Waals surface area contributed by atoms with E-state index in [1.165, 1.54) is 38.5 Å². The van der Waals surface area contributed by atoms with E-state index in [0.717, 1.165) is 30.0 Å². The Labute approximate surface area is 217 Å². The van der Waals surface area contributed by atoms with Gasteiger partial charge < -0.3 is 20.3 Å². The van der Waals surface area contributed by atoms with Crippen molar-refractivity contribution < 1.29 is 14.3 Å². The molecule has 0 heterocycles. The molecular weight excluding hydrogens is 450 g/mol. The summed E-state index contributed by atoms with van der Waals surface area (Å²) >= 11 is 0. The number of nitrogens with one attached hydrogen (secondary N) is 2. The van der Waals surface area contributed by atoms with E-state index < -0.39 is 5.54 Å². The summed E-state index contributed by atoms with van der Waals surface area (Å²) in [5, 5.41) is 6.32. The third kappa shape index (κ3) is 10.3. The van der Waals surface area contributed by atoms with E-state index in [1.807, 2.05) is 63.2 Å². The minimum absolute atomic E-state index is 0.0372. The lowest BCUT2D eigenvalue weighted by molar-refractivity contribution is -0.122. The fourth-order valence-corrected chi connectivity index (χ4v) is 4.03. The molecule has 0 bridgehead atoms. The molecule has 6 nitrogen and oxygen atoms in total. The van der Waals surface area contributed by atoms with Crippen molar-refractivity contribution in [1.29, 1.82) is 0 Å². The van der Waals surface area contributed by atoms with Crippen LogP contribution in [0.1, 0.15) is 89.4 Å². The summed E-state index contributed by atoms with van der Waals surface area (Å²) in [6.45, 7) is 8.79. The molecule has 0 fully saturated rings. The first-order valence-electron chi connectivity index (χ1n) is 13.3. The standard InChI is InChI=1S/C30H45N3O3/c1-6-7-8-9-10-11-12-13-21-31-28(34)23-33(30(2,3)4)29(35)24-15-14-16-26(22-24)32-25-17-19-27(36-5)20-18-25/h14-20,22,32H,6-13,21,23H2,1-5H3,(H,31,34). The molecule has 0 aliphatic carbocycles. The minimum Gasteiger partial charge on any atom is -0.497 e. The van der Waals surface area contributed by atoms with E-state index in [9.17, 15) is 9.59 Å². The summed E-state index contributed by atoms with van der Waals surface area (Å²) in [5.74, 6) is 0.503. The normalized spacial score (nSPS) is 11.1. The molecule has 2 rings (SSSR count). The van der Waals surface area contributed by atoms with E-state index in [-0.39, 0.29) is 18.4 Å². The van der Waals surface area contributed by atoms with Crippen LogP contribution in [-0.4, -0.2) is 42.5 Å². The van der Waals surface area contributed by atoms with Crippen LogP contribution in [0.5, 0.6) is 5.75 Å². The van der Waals surface area contributed by atoms with Gasteiger partial charge in [-0.25, -0.2) is 0 Å². The Hall–Kier alpha value is -3.02. The van der Waals surface area contributed by atoms with Crippen LogP contribution in [0, 0.1) is 0 Å². The van der Waals surface area contributed by atoms with E-state index in [2.05, 4.69) is 17.6 Å². The number of rotatable bonds is 15. The Morgan fingerprint density at radius 1 is 0.861 bits per heavy atom. The smallest absolute Gasteiger partial charge is 0.254 e. The predicted molar refractivity (Wildman–Crippen MR) is 149 cm³/mol. The number of amides is 2. The zero-order valence-electron chi connectivity index (χ0n) is 22.9. The molecule has 0 aliphatic rings. The van der Waals surface area contributed by atoms with Crippen LogP contribution in [0.15, 0.2) is 48.5 Å². The van der Waals surface area contributed by atoms with Crippen molar-refractivity contribution in [2.24, 2.45) is 0 Å². The molecule has 198 valence electrons. The minimum atomic E-state index is -0.494. The maximum Gasteiger partial charge on any atom is 0.254 e. The Bertz CT molecular complexity index is 935. The molecule has 0 saturated heterocycles. The van der Waals surface area contributed by atoms with Gasteiger partial charge in [-0.2, -0.15) is 0 Å². The Balaban J connectivity index is 1.90. The van der Waals surface area contributed by atoms with Gasteiger partial charge in [0.15, 0.2) is 0 Å². The number of methoxy groups -OCH3 is 1. The Kier molecular flexibility index (Phi) is 12.3. The highest BCUT2D eigenvalue weighted by molar-refractivity contribution is 5.98. The second-order valence-corrected chi connectivity index (χ2v) is 10.3. The summed E-state index contributed by atoms with van der Waals surface area (Å²) in [4.78, 5) is 27.8.